The number of nitrogens with zero attached hydrogens (tertiary/aromatic N) is 3. The Morgan fingerprint density at radius 2 is 1.82 bits per heavy atom. The smallest absolute Gasteiger partial charge is 0.227 e. The van der Waals surface area contributed by atoms with Gasteiger partial charge in [-0.1, -0.05) is 12.1 Å². The molecule has 0 atom stereocenters. The standard InChI is InChI=1S/C17H21FN4/c1-13-11-16(19-12-14-5-7-15(18)8-6-14)21-17(20-13)22-9-3-2-4-10-22/h5-8,11H,2-4,9-10,12H2,1H3,(H,19,20,21). The number of halogens is 1. The zero-order valence-electron chi connectivity index (χ0n) is 12.8. The predicted octanol–water partition coefficient (Wildman–Crippen LogP) is 3.53. The Morgan fingerprint density at radius 3 is 2.55 bits per heavy atom. The molecular formula is C17H21FN4. The van der Waals surface area contributed by atoms with Gasteiger partial charge in [0.1, 0.15) is 11.6 Å². The van der Waals surface area contributed by atoms with Crippen molar-refractivity contribution in [2.75, 3.05) is 23.3 Å². The number of anilines is 2. The van der Waals surface area contributed by atoms with Crippen molar-refractivity contribution >= 4 is 11.8 Å². The fraction of sp³-hybridized carbons (Fsp3) is 0.412. The van der Waals surface area contributed by atoms with Crippen LogP contribution in [0.15, 0.2) is 30.3 Å². The summed E-state index contributed by atoms with van der Waals surface area (Å²) in [6.45, 7) is 4.66. The molecule has 22 heavy (non-hydrogen) atoms. The van der Waals surface area contributed by atoms with Crippen LogP contribution in [0.25, 0.3) is 0 Å². The number of rotatable bonds is 4. The molecule has 0 bridgehead atoms. The third-order valence-corrected chi connectivity index (χ3v) is 3.87. The molecule has 0 radical (unpaired) electrons. The van der Waals surface area contributed by atoms with Crippen LogP contribution < -0.4 is 10.2 Å². The molecule has 0 aliphatic carbocycles. The lowest BCUT2D eigenvalue weighted by Gasteiger charge is -2.27. The number of aromatic nitrogens is 2. The van der Waals surface area contributed by atoms with E-state index in [4.69, 9.17) is 0 Å². The average Bonchev–Trinajstić information content (AvgIpc) is 2.55. The first-order valence-corrected chi connectivity index (χ1v) is 7.80. The first kappa shape index (κ1) is 14.8. The van der Waals surface area contributed by atoms with Gasteiger partial charge in [-0.05, 0) is 43.9 Å². The van der Waals surface area contributed by atoms with Gasteiger partial charge in [0.05, 0.1) is 0 Å². The second kappa shape index (κ2) is 6.73. The second-order valence-corrected chi connectivity index (χ2v) is 5.72. The van der Waals surface area contributed by atoms with Crippen LogP contribution in [0.4, 0.5) is 16.2 Å². The summed E-state index contributed by atoms with van der Waals surface area (Å²) in [5.41, 5.74) is 1.98. The minimum absolute atomic E-state index is 0.214. The Hall–Kier alpha value is -2.17. The number of aryl methyl sites for hydroxylation is 1. The summed E-state index contributed by atoms with van der Waals surface area (Å²) in [4.78, 5) is 11.4. The topological polar surface area (TPSA) is 41.1 Å². The highest BCUT2D eigenvalue weighted by atomic mass is 19.1. The number of piperidine rings is 1. The molecule has 1 fully saturated rings. The van der Waals surface area contributed by atoms with Crippen LogP contribution >= 0.6 is 0 Å². The number of nitrogens with one attached hydrogen (secondary N) is 1. The number of hydrogen-bond donors (Lipinski definition) is 1. The molecule has 0 unspecified atom stereocenters. The lowest BCUT2D eigenvalue weighted by atomic mass is 10.1. The van der Waals surface area contributed by atoms with E-state index in [1.807, 2.05) is 13.0 Å². The Kier molecular flexibility index (Phi) is 4.51. The molecule has 1 aromatic heterocycles. The van der Waals surface area contributed by atoms with Gasteiger partial charge in [-0.25, -0.2) is 9.37 Å². The van der Waals surface area contributed by atoms with Gasteiger partial charge < -0.3 is 10.2 Å². The zero-order chi connectivity index (χ0) is 15.4. The van der Waals surface area contributed by atoms with Crippen molar-refractivity contribution in [3.63, 3.8) is 0 Å². The van der Waals surface area contributed by atoms with Crippen molar-refractivity contribution in [3.8, 4) is 0 Å². The normalized spacial score (nSPS) is 14.9. The number of benzene rings is 1. The first-order chi connectivity index (χ1) is 10.7. The molecular weight excluding hydrogens is 279 g/mol. The molecule has 0 spiro atoms. The fourth-order valence-corrected chi connectivity index (χ4v) is 2.67. The van der Waals surface area contributed by atoms with E-state index in [0.717, 1.165) is 36.1 Å². The van der Waals surface area contributed by atoms with Gasteiger partial charge in [0.25, 0.3) is 0 Å². The maximum atomic E-state index is 12.9. The summed E-state index contributed by atoms with van der Waals surface area (Å²) in [6, 6.07) is 8.45. The van der Waals surface area contributed by atoms with E-state index in [0.29, 0.717) is 6.54 Å². The Labute approximate surface area is 130 Å². The van der Waals surface area contributed by atoms with Gasteiger partial charge in [-0.3, -0.25) is 0 Å². The van der Waals surface area contributed by atoms with Gasteiger partial charge in [0, 0.05) is 31.4 Å². The molecule has 0 saturated carbocycles. The Balaban J connectivity index is 1.70. The van der Waals surface area contributed by atoms with Gasteiger partial charge in [-0.2, -0.15) is 4.98 Å². The molecule has 1 aliphatic rings. The van der Waals surface area contributed by atoms with Gasteiger partial charge in [0.15, 0.2) is 0 Å². The van der Waals surface area contributed by atoms with E-state index >= 15 is 0 Å². The largest absolute Gasteiger partial charge is 0.366 e. The fourth-order valence-electron chi connectivity index (χ4n) is 2.67. The van der Waals surface area contributed by atoms with E-state index in [-0.39, 0.29) is 5.82 Å². The molecule has 1 aliphatic heterocycles. The van der Waals surface area contributed by atoms with E-state index in [1.165, 1.54) is 31.4 Å². The zero-order valence-corrected chi connectivity index (χ0v) is 12.8. The maximum absolute atomic E-state index is 12.9. The number of hydrogen-bond acceptors (Lipinski definition) is 4. The monoisotopic (exact) mass is 300 g/mol. The van der Waals surface area contributed by atoms with Crippen molar-refractivity contribution in [1.29, 1.82) is 0 Å². The summed E-state index contributed by atoms with van der Waals surface area (Å²) in [5, 5.41) is 3.30. The van der Waals surface area contributed by atoms with Crippen LogP contribution in [0, 0.1) is 12.7 Å². The molecule has 116 valence electrons. The van der Waals surface area contributed by atoms with Crippen LogP contribution in [0.1, 0.15) is 30.5 Å². The van der Waals surface area contributed by atoms with Crippen LogP contribution in [0.3, 0.4) is 0 Å². The summed E-state index contributed by atoms with van der Waals surface area (Å²) in [6.07, 6.45) is 3.70. The summed E-state index contributed by atoms with van der Waals surface area (Å²) in [7, 11) is 0. The van der Waals surface area contributed by atoms with Crippen molar-refractivity contribution in [2.24, 2.45) is 0 Å². The van der Waals surface area contributed by atoms with Gasteiger partial charge in [-0.15, -0.1) is 0 Å². The van der Waals surface area contributed by atoms with Crippen molar-refractivity contribution in [2.45, 2.75) is 32.7 Å². The Morgan fingerprint density at radius 1 is 1.09 bits per heavy atom. The Bertz CT molecular complexity index is 621. The third-order valence-electron chi connectivity index (χ3n) is 3.87. The van der Waals surface area contributed by atoms with Crippen molar-refractivity contribution in [1.82, 2.24) is 9.97 Å². The highest BCUT2D eigenvalue weighted by Crippen LogP contribution is 2.18. The predicted molar refractivity (Wildman–Crippen MR) is 86.6 cm³/mol. The SMILES string of the molecule is Cc1cc(NCc2ccc(F)cc2)nc(N2CCCCC2)n1. The summed E-state index contributed by atoms with van der Waals surface area (Å²) < 4.78 is 12.9. The highest BCUT2D eigenvalue weighted by Gasteiger charge is 2.14. The van der Waals surface area contributed by atoms with Crippen molar-refractivity contribution < 1.29 is 4.39 Å². The minimum Gasteiger partial charge on any atom is -0.366 e. The van der Waals surface area contributed by atoms with E-state index < -0.39 is 0 Å². The molecule has 3 rings (SSSR count). The average molecular weight is 300 g/mol. The second-order valence-electron chi connectivity index (χ2n) is 5.72. The highest BCUT2D eigenvalue weighted by molar-refractivity contribution is 5.44. The lowest BCUT2D eigenvalue weighted by molar-refractivity contribution is 0.568. The lowest BCUT2D eigenvalue weighted by Crippen LogP contribution is -2.31. The maximum Gasteiger partial charge on any atom is 0.227 e. The van der Waals surface area contributed by atoms with Gasteiger partial charge in [0.2, 0.25) is 5.95 Å². The molecule has 1 aromatic carbocycles. The molecule has 1 N–H and O–H groups in total. The van der Waals surface area contributed by atoms with E-state index in [9.17, 15) is 4.39 Å². The molecule has 0 amide bonds. The van der Waals surface area contributed by atoms with E-state index in [1.54, 1.807) is 12.1 Å². The molecule has 5 heteroatoms. The van der Waals surface area contributed by atoms with E-state index in [2.05, 4.69) is 20.2 Å². The molecule has 1 saturated heterocycles. The van der Waals surface area contributed by atoms with Gasteiger partial charge >= 0.3 is 0 Å². The molecule has 2 aromatic rings. The summed E-state index contributed by atoms with van der Waals surface area (Å²) >= 11 is 0. The molecule has 4 nitrogen and oxygen atoms in total. The summed E-state index contributed by atoms with van der Waals surface area (Å²) in [5.74, 6) is 1.41. The van der Waals surface area contributed by atoms with Crippen LogP contribution in [0.2, 0.25) is 0 Å². The van der Waals surface area contributed by atoms with Crippen LogP contribution in [0.5, 0.6) is 0 Å². The van der Waals surface area contributed by atoms with Crippen LogP contribution in [-0.2, 0) is 6.54 Å². The third kappa shape index (κ3) is 3.72. The van der Waals surface area contributed by atoms with Crippen LogP contribution in [-0.4, -0.2) is 23.1 Å². The first-order valence-electron chi connectivity index (χ1n) is 7.80. The van der Waals surface area contributed by atoms with Crippen molar-refractivity contribution in [3.05, 3.63) is 47.4 Å². The molecule has 2 heterocycles. The minimum atomic E-state index is -0.214. The quantitative estimate of drug-likeness (QED) is 0.938.